The van der Waals surface area contributed by atoms with Crippen molar-refractivity contribution in [2.24, 2.45) is 10.3 Å². The third-order valence-corrected chi connectivity index (χ3v) is 5.34. The molecule has 0 fully saturated rings. The number of primary sulfonamides is 2. The van der Waals surface area contributed by atoms with Gasteiger partial charge in [-0.3, -0.25) is 0 Å². The monoisotopic (exact) mass is 398 g/mol. The second-order valence-corrected chi connectivity index (χ2v) is 8.24. The van der Waals surface area contributed by atoms with Gasteiger partial charge in [-0.05, 0) is 12.1 Å². The lowest BCUT2D eigenvalue weighted by atomic mass is 10.2. The maximum Gasteiger partial charge on any atom is 0.239 e. The van der Waals surface area contributed by atoms with Gasteiger partial charge in [0.25, 0.3) is 0 Å². The molecule has 0 heterocycles. The summed E-state index contributed by atoms with van der Waals surface area (Å²) in [6, 6.07) is 1.62. The van der Waals surface area contributed by atoms with Gasteiger partial charge in [-0.25, -0.2) is 27.1 Å². The minimum atomic E-state index is -4.33. The summed E-state index contributed by atoms with van der Waals surface area (Å²) in [7, 11) is -8.58. The highest BCUT2D eigenvalue weighted by molar-refractivity contribution is 7.90. The predicted octanol–water partition coefficient (Wildman–Crippen LogP) is 1.98. The van der Waals surface area contributed by atoms with Gasteiger partial charge in [0, 0.05) is 5.56 Å². The fourth-order valence-electron chi connectivity index (χ4n) is 1.26. The molecule has 1 aromatic carbocycles. The van der Waals surface area contributed by atoms with E-state index in [4.69, 9.17) is 56.7 Å². The highest BCUT2D eigenvalue weighted by Crippen LogP contribution is 2.36. The van der Waals surface area contributed by atoms with Crippen molar-refractivity contribution in [3.63, 3.8) is 0 Å². The van der Waals surface area contributed by atoms with Gasteiger partial charge < -0.3 is 0 Å². The van der Waals surface area contributed by atoms with Gasteiger partial charge in [0.05, 0.1) is 15.0 Å². The molecule has 4 N–H and O–H groups in total. The van der Waals surface area contributed by atoms with E-state index in [9.17, 15) is 16.8 Å². The summed E-state index contributed by atoms with van der Waals surface area (Å²) in [4.78, 5) is -1.25. The minimum Gasteiger partial charge on any atom is -0.225 e. The molecule has 0 aliphatic carbocycles. The van der Waals surface area contributed by atoms with Gasteiger partial charge in [-0.15, -0.1) is 0 Å². The van der Waals surface area contributed by atoms with Crippen molar-refractivity contribution in [2.45, 2.75) is 9.79 Å². The van der Waals surface area contributed by atoms with E-state index < -0.39 is 34.3 Å². The van der Waals surface area contributed by atoms with E-state index in [1.807, 2.05) is 0 Å². The molecule has 0 spiro atoms. The van der Waals surface area contributed by atoms with Crippen LogP contribution in [-0.4, -0.2) is 16.8 Å². The Balaban J connectivity index is 3.91. The average Bonchev–Trinajstić information content (AvgIpc) is 2.23. The van der Waals surface area contributed by atoms with E-state index in [2.05, 4.69) is 0 Å². The van der Waals surface area contributed by atoms with Gasteiger partial charge >= 0.3 is 0 Å². The zero-order valence-corrected chi connectivity index (χ0v) is 13.9. The molecule has 6 nitrogen and oxygen atoms in total. The summed E-state index contributed by atoms with van der Waals surface area (Å²) in [5.41, 5.74) is -0.244. The van der Waals surface area contributed by atoms with Gasteiger partial charge in [-0.1, -0.05) is 46.4 Å². The van der Waals surface area contributed by atoms with Gasteiger partial charge in [0.1, 0.15) is 9.39 Å². The van der Waals surface area contributed by atoms with Crippen LogP contribution in [0.4, 0.5) is 0 Å². The molecular formula is C8H6Cl4N2O4S2. The normalized spacial score (nSPS) is 12.3. The van der Waals surface area contributed by atoms with Crippen molar-refractivity contribution >= 4 is 71.5 Å². The number of hydrogen-bond acceptors (Lipinski definition) is 4. The zero-order valence-electron chi connectivity index (χ0n) is 9.27. The van der Waals surface area contributed by atoms with E-state index in [1.54, 1.807) is 0 Å². The van der Waals surface area contributed by atoms with E-state index in [0.717, 1.165) is 6.07 Å². The molecule has 0 amide bonds. The van der Waals surface area contributed by atoms with Crippen LogP contribution in [-0.2, 0) is 20.0 Å². The molecule has 1 aromatic rings. The first-order valence-corrected chi connectivity index (χ1v) is 9.06. The van der Waals surface area contributed by atoms with Crippen LogP contribution in [0, 0.1) is 0 Å². The Labute approximate surface area is 135 Å². The number of hydrogen-bond donors (Lipinski definition) is 2. The molecule has 0 aliphatic heterocycles. The minimum absolute atomic E-state index is 0.244. The van der Waals surface area contributed by atoms with Crippen LogP contribution in [0.2, 0.25) is 5.02 Å². The second kappa shape index (κ2) is 5.98. The average molecular weight is 400 g/mol. The first kappa shape index (κ1) is 18.0. The van der Waals surface area contributed by atoms with Crippen molar-refractivity contribution in [1.82, 2.24) is 0 Å². The Kier molecular flexibility index (Phi) is 5.37. The lowest BCUT2D eigenvalue weighted by Crippen LogP contribution is -2.18. The molecule has 0 aliphatic rings. The van der Waals surface area contributed by atoms with Gasteiger partial charge in [0.2, 0.25) is 20.0 Å². The van der Waals surface area contributed by atoms with E-state index in [0.29, 0.717) is 6.07 Å². The summed E-state index contributed by atoms with van der Waals surface area (Å²) in [6.07, 6.45) is 0. The molecule has 112 valence electrons. The van der Waals surface area contributed by atoms with Crippen LogP contribution in [0.25, 0.3) is 5.03 Å². The molecule has 0 aromatic heterocycles. The van der Waals surface area contributed by atoms with Crippen LogP contribution in [0.5, 0.6) is 0 Å². The number of halogens is 4. The van der Waals surface area contributed by atoms with Crippen LogP contribution >= 0.6 is 46.4 Å². The highest BCUT2D eigenvalue weighted by atomic mass is 35.5. The topological polar surface area (TPSA) is 120 Å². The first-order chi connectivity index (χ1) is 8.85. The van der Waals surface area contributed by atoms with E-state index >= 15 is 0 Å². The Morgan fingerprint density at radius 1 is 0.900 bits per heavy atom. The molecule has 0 radical (unpaired) electrons. The highest BCUT2D eigenvalue weighted by Gasteiger charge is 2.24. The maximum absolute atomic E-state index is 11.5. The summed E-state index contributed by atoms with van der Waals surface area (Å²) >= 11 is 22.4. The summed E-state index contributed by atoms with van der Waals surface area (Å²) in [5, 5.41) is 9.18. The first-order valence-electron chi connectivity index (χ1n) is 4.46. The van der Waals surface area contributed by atoms with Crippen molar-refractivity contribution in [2.75, 3.05) is 0 Å². The van der Waals surface area contributed by atoms with Gasteiger partial charge in [-0.2, -0.15) is 0 Å². The van der Waals surface area contributed by atoms with E-state index in [-0.39, 0.29) is 15.6 Å². The van der Waals surface area contributed by atoms with Gasteiger partial charge in [0.15, 0.2) is 0 Å². The summed E-state index contributed by atoms with van der Waals surface area (Å²) in [5.74, 6) is 0. The standard InChI is InChI=1S/C8H6Cl4N2O4S2/c9-4-1-3(7(10)8(11)12)5(19(13,15)16)2-6(4)20(14,17)18/h1-2H,(H2,13,15,16)(H2,14,17,18). The number of sulfonamides is 2. The third kappa shape index (κ3) is 3.99. The smallest absolute Gasteiger partial charge is 0.225 e. The summed E-state index contributed by atoms with van der Waals surface area (Å²) in [6.45, 7) is 0. The fraction of sp³-hybridized carbons (Fsp3) is 0. The molecular weight excluding hydrogens is 394 g/mol. The second-order valence-electron chi connectivity index (χ2n) is 3.44. The predicted molar refractivity (Wildman–Crippen MR) is 78.7 cm³/mol. The maximum atomic E-state index is 11.5. The van der Waals surface area contributed by atoms with Crippen LogP contribution in [0.15, 0.2) is 26.4 Å². The number of rotatable bonds is 3. The zero-order chi connectivity index (χ0) is 15.9. The van der Waals surface area contributed by atoms with Crippen molar-refractivity contribution < 1.29 is 16.8 Å². The third-order valence-electron chi connectivity index (χ3n) is 2.05. The Bertz CT molecular complexity index is 798. The quantitative estimate of drug-likeness (QED) is 0.806. The molecule has 0 saturated carbocycles. The molecule has 0 bridgehead atoms. The number of benzene rings is 1. The molecule has 12 heteroatoms. The largest absolute Gasteiger partial charge is 0.239 e. The molecule has 0 saturated heterocycles. The molecule has 0 atom stereocenters. The fourth-order valence-corrected chi connectivity index (χ4v) is 3.60. The van der Waals surface area contributed by atoms with Crippen LogP contribution < -0.4 is 10.3 Å². The number of nitrogens with two attached hydrogens (primary N) is 2. The lowest BCUT2D eigenvalue weighted by molar-refractivity contribution is 0.596. The van der Waals surface area contributed by atoms with Crippen LogP contribution in [0.3, 0.4) is 0 Å². The molecule has 1 rings (SSSR count). The van der Waals surface area contributed by atoms with Crippen molar-refractivity contribution in [3.05, 3.63) is 27.2 Å². The Morgan fingerprint density at radius 3 is 1.70 bits per heavy atom. The molecule has 0 unspecified atom stereocenters. The summed E-state index contributed by atoms with van der Waals surface area (Å²) < 4.78 is 45.2. The Hall–Kier alpha value is -0.0600. The van der Waals surface area contributed by atoms with E-state index in [1.165, 1.54) is 0 Å². The van der Waals surface area contributed by atoms with Crippen LogP contribution in [0.1, 0.15) is 5.56 Å². The molecule has 20 heavy (non-hydrogen) atoms. The lowest BCUT2D eigenvalue weighted by Gasteiger charge is -2.11. The SMILES string of the molecule is NS(=O)(=O)c1cc(S(N)(=O)=O)c(C(Cl)=C(Cl)Cl)cc1Cl. The Morgan fingerprint density at radius 2 is 1.35 bits per heavy atom. The van der Waals surface area contributed by atoms with Crippen molar-refractivity contribution in [1.29, 1.82) is 0 Å². The van der Waals surface area contributed by atoms with Crippen molar-refractivity contribution in [3.8, 4) is 0 Å².